The van der Waals surface area contributed by atoms with Crippen LogP contribution in [0.15, 0.2) is 34.3 Å². The molecule has 0 radical (unpaired) electrons. The fourth-order valence-corrected chi connectivity index (χ4v) is 1.77. The first kappa shape index (κ1) is 12.8. The van der Waals surface area contributed by atoms with E-state index in [9.17, 15) is 4.79 Å². The van der Waals surface area contributed by atoms with Crippen molar-refractivity contribution in [1.82, 2.24) is 0 Å². The van der Waals surface area contributed by atoms with Crippen LogP contribution in [0.3, 0.4) is 0 Å². The Bertz CT molecular complexity index is 424. The highest BCUT2D eigenvalue weighted by atomic mass is 79.9. The summed E-state index contributed by atoms with van der Waals surface area (Å²) in [5.41, 5.74) is 1.80. The molecule has 16 heavy (non-hydrogen) atoms. The Hall–Kier alpha value is -1.29. The molecule has 0 saturated heterocycles. The second kappa shape index (κ2) is 5.70. The smallest absolute Gasteiger partial charge is 0.328 e. The molecule has 0 fully saturated rings. The van der Waals surface area contributed by atoms with E-state index in [2.05, 4.69) is 15.9 Å². The van der Waals surface area contributed by atoms with Gasteiger partial charge in [0.15, 0.2) is 0 Å². The molecule has 1 N–H and O–H groups in total. The topological polar surface area (TPSA) is 46.5 Å². The van der Waals surface area contributed by atoms with Gasteiger partial charge in [0.25, 0.3) is 0 Å². The Morgan fingerprint density at radius 1 is 1.56 bits per heavy atom. The maximum Gasteiger partial charge on any atom is 0.328 e. The van der Waals surface area contributed by atoms with Crippen molar-refractivity contribution >= 4 is 21.9 Å². The Balaban J connectivity index is 2.65. The van der Waals surface area contributed by atoms with Crippen molar-refractivity contribution in [3.63, 3.8) is 0 Å². The number of hydrogen-bond acceptors (Lipinski definition) is 2. The largest absolute Gasteiger partial charge is 0.488 e. The molecule has 0 unspecified atom stereocenters. The number of rotatable bonds is 4. The summed E-state index contributed by atoms with van der Waals surface area (Å²) in [6.07, 6.45) is 1.14. The standard InChI is InChI=1S/C12H13BrO3/c1-8-3-4-11(10(13)5-8)16-7-9(2)6-12(14)15/h3-6H,7H2,1-2H3,(H,14,15). The van der Waals surface area contributed by atoms with Crippen molar-refractivity contribution in [1.29, 1.82) is 0 Å². The van der Waals surface area contributed by atoms with Crippen molar-refractivity contribution in [2.24, 2.45) is 0 Å². The van der Waals surface area contributed by atoms with Gasteiger partial charge in [-0.05, 0) is 53.0 Å². The highest BCUT2D eigenvalue weighted by Crippen LogP contribution is 2.25. The van der Waals surface area contributed by atoms with Crippen LogP contribution >= 0.6 is 15.9 Å². The number of aryl methyl sites for hydroxylation is 1. The number of carboxylic acid groups (broad SMARTS) is 1. The van der Waals surface area contributed by atoms with E-state index in [0.29, 0.717) is 11.3 Å². The lowest BCUT2D eigenvalue weighted by Crippen LogP contribution is -2.01. The number of hydrogen-bond donors (Lipinski definition) is 1. The lowest BCUT2D eigenvalue weighted by atomic mass is 10.2. The average Bonchev–Trinajstić information content (AvgIpc) is 2.15. The van der Waals surface area contributed by atoms with Crippen LogP contribution in [0.5, 0.6) is 5.75 Å². The zero-order valence-electron chi connectivity index (χ0n) is 9.16. The molecule has 0 aliphatic carbocycles. The van der Waals surface area contributed by atoms with Crippen LogP contribution in [0.1, 0.15) is 12.5 Å². The predicted molar refractivity (Wildman–Crippen MR) is 65.8 cm³/mol. The van der Waals surface area contributed by atoms with Crippen LogP contribution in [0, 0.1) is 6.92 Å². The third-order valence-corrected chi connectivity index (χ3v) is 2.53. The first-order valence-corrected chi connectivity index (χ1v) is 5.57. The molecule has 0 aromatic heterocycles. The fourth-order valence-electron chi connectivity index (χ4n) is 1.17. The Labute approximate surface area is 103 Å². The summed E-state index contributed by atoms with van der Waals surface area (Å²) in [6, 6.07) is 5.75. The Kier molecular flexibility index (Phi) is 4.55. The van der Waals surface area contributed by atoms with Gasteiger partial charge in [-0.2, -0.15) is 0 Å². The number of carbonyl (C=O) groups is 1. The van der Waals surface area contributed by atoms with Gasteiger partial charge in [-0.25, -0.2) is 4.79 Å². The summed E-state index contributed by atoms with van der Waals surface area (Å²) in [4.78, 5) is 10.4. The fraction of sp³-hybridized carbons (Fsp3) is 0.250. The van der Waals surface area contributed by atoms with E-state index in [1.807, 2.05) is 25.1 Å². The van der Waals surface area contributed by atoms with Gasteiger partial charge >= 0.3 is 5.97 Å². The van der Waals surface area contributed by atoms with Gasteiger partial charge in [-0.1, -0.05) is 6.07 Å². The van der Waals surface area contributed by atoms with Crippen molar-refractivity contribution in [2.45, 2.75) is 13.8 Å². The SMILES string of the molecule is CC(=CC(=O)O)COc1ccc(C)cc1Br. The number of ether oxygens (including phenoxy) is 1. The number of halogens is 1. The molecule has 0 saturated carbocycles. The van der Waals surface area contributed by atoms with E-state index in [-0.39, 0.29) is 6.61 Å². The van der Waals surface area contributed by atoms with Gasteiger partial charge in [-0.3, -0.25) is 0 Å². The molecule has 1 aromatic rings. The van der Waals surface area contributed by atoms with E-state index in [1.165, 1.54) is 0 Å². The van der Waals surface area contributed by atoms with Crippen LogP contribution < -0.4 is 4.74 Å². The van der Waals surface area contributed by atoms with Crippen molar-refractivity contribution < 1.29 is 14.6 Å². The first-order chi connectivity index (χ1) is 7.49. The minimum absolute atomic E-state index is 0.272. The molecular weight excluding hydrogens is 272 g/mol. The van der Waals surface area contributed by atoms with E-state index >= 15 is 0 Å². The molecule has 0 bridgehead atoms. The third-order valence-electron chi connectivity index (χ3n) is 1.91. The molecule has 0 spiro atoms. The van der Waals surface area contributed by atoms with Gasteiger partial charge in [0.1, 0.15) is 12.4 Å². The molecule has 0 amide bonds. The van der Waals surface area contributed by atoms with Gasteiger partial charge in [0.2, 0.25) is 0 Å². The van der Waals surface area contributed by atoms with E-state index in [1.54, 1.807) is 6.92 Å². The van der Waals surface area contributed by atoms with E-state index in [0.717, 1.165) is 16.1 Å². The van der Waals surface area contributed by atoms with Crippen LogP contribution in [0.2, 0.25) is 0 Å². The lowest BCUT2D eigenvalue weighted by molar-refractivity contribution is -0.131. The molecule has 0 heterocycles. The van der Waals surface area contributed by atoms with Gasteiger partial charge in [0.05, 0.1) is 4.47 Å². The summed E-state index contributed by atoms with van der Waals surface area (Å²) in [7, 11) is 0. The first-order valence-electron chi connectivity index (χ1n) is 4.78. The summed E-state index contributed by atoms with van der Waals surface area (Å²) in [5, 5.41) is 8.53. The van der Waals surface area contributed by atoms with Crippen molar-refractivity contribution in [3.8, 4) is 5.75 Å². The monoisotopic (exact) mass is 284 g/mol. The molecule has 86 valence electrons. The van der Waals surface area contributed by atoms with Gasteiger partial charge in [-0.15, -0.1) is 0 Å². The molecule has 1 aromatic carbocycles. The minimum atomic E-state index is -0.955. The molecule has 0 aliphatic heterocycles. The van der Waals surface area contributed by atoms with Gasteiger partial charge < -0.3 is 9.84 Å². The second-order valence-corrected chi connectivity index (χ2v) is 4.41. The summed E-state index contributed by atoms with van der Waals surface area (Å²) in [5.74, 6) is -0.243. The molecule has 0 aliphatic rings. The number of aliphatic carboxylic acids is 1. The normalized spacial score (nSPS) is 11.3. The predicted octanol–water partition coefficient (Wildman–Crippen LogP) is 3.17. The van der Waals surface area contributed by atoms with Crippen LogP contribution in [-0.2, 0) is 4.79 Å². The van der Waals surface area contributed by atoms with Crippen molar-refractivity contribution in [3.05, 3.63) is 39.9 Å². The highest BCUT2D eigenvalue weighted by Gasteiger charge is 2.02. The Morgan fingerprint density at radius 3 is 2.81 bits per heavy atom. The summed E-state index contributed by atoms with van der Waals surface area (Å²) < 4.78 is 6.35. The Morgan fingerprint density at radius 2 is 2.25 bits per heavy atom. The lowest BCUT2D eigenvalue weighted by Gasteiger charge is -2.08. The average molecular weight is 285 g/mol. The second-order valence-electron chi connectivity index (χ2n) is 3.55. The van der Waals surface area contributed by atoms with E-state index in [4.69, 9.17) is 9.84 Å². The van der Waals surface area contributed by atoms with Gasteiger partial charge in [0, 0.05) is 6.08 Å². The van der Waals surface area contributed by atoms with Crippen LogP contribution in [0.25, 0.3) is 0 Å². The van der Waals surface area contributed by atoms with Crippen LogP contribution in [0.4, 0.5) is 0 Å². The summed E-state index contributed by atoms with van der Waals surface area (Å²) >= 11 is 3.39. The van der Waals surface area contributed by atoms with E-state index < -0.39 is 5.97 Å². The number of benzene rings is 1. The highest BCUT2D eigenvalue weighted by molar-refractivity contribution is 9.10. The zero-order valence-corrected chi connectivity index (χ0v) is 10.7. The quantitative estimate of drug-likeness (QED) is 0.864. The number of carboxylic acids is 1. The summed E-state index contributed by atoms with van der Waals surface area (Å²) in [6.45, 7) is 3.98. The third kappa shape index (κ3) is 4.06. The molecule has 0 atom stereocenters. The molecular formula is C12H13BrO3. The molecule has 4 heteroatoms. The van der Waals surface area contributed by atoms with Crippen molar-refractivity contribution in [2.75, 3.05) is 6.61 Å². The zero-order chi connectivity index (χ0) is 12.1. The maximum absolute atomic E-state index is 10.4. The maximum atomic E-state index is 10.4. The minimum Gasteiger partial charge on any atom is -0.488 e. The molecule has 1 rings (SSSR count). The van der Waals surface area contributed by atoms with Crippen LogP contribution in [-0.4, -0.2) is 17.7 Å². The molecule has 3 nitrogen and oxygen atoms in total.